The zero-order chi connectivity index (χ0) is 78.6. The molecule has 0 saturated heterocycles. The maximum Gasteiger partial charge on any atom is 0.253 e. The van der Waals surface area contributed by atoms with Crippen molar-refractivity contribution in [2.75, 3.05) is 135 Å². The van der Waals surface area contributed by atoms with E-state index in [4.69, 9.17) is 0 Å². The standard InChI is InChI=1S/C15H25NO2.C14H23NO2.2C13H22N2O2.2C13H21NO2/c1-6-16(7-2)12-11(13(17)14(12)18)9-8-10-15(3,4)5;1-6-15(5)11-10(12(16)13(11)17)8-7-9-14(2,3)4;1-13(2,3)7-8-15(6)10-9(14(4)5)11(16)12(10)17;1-6-14-9-10(12(17)11(9)16)15(5)8-7-13(2,3)4;1-13(2,3)8-6-7-9-10(14(4)5)12(16)11(9)15;1-5-14-10-9(11(15)12(10)16)7-6-8-13(2,3)4/h6-10H2,1-5H3;6-9H2,1-5H3;7-8H2,1-6H3;14H,6-8H2,1-5H3;6-8H2,1-5H3;14H,5-8H2,1-4H3. The first-order valence-corrected chi connectivity index (χ1v) is 36.8. The van der Waals surface area contributed by atoms with Gasteiger partial charge >= 0.3 is 0 Å². The second-order valence-corrected chi connectivity index (χ2v) is 34.9. The van der Waals surface area contributed by atoms with E-state index in [1.54, 1.807) is 23.9 Å². The van der Waals surface area contributed by atoms with Crippen molar-refractivity contribution in [1.29, 1.82) is 0 Å². The highest BCUT2D eigenvalue weighted by atomic mass is 16.2. The number of hydrogen-bond donors (Lipinski definition) is 2. The highest BCUT2D eigenvalue weighted by Crippen LogP contribution is 2.29. The lowest BCUT2D eigenvalue weighted by Gasteiger charge is -2.28. The molecule has 0 aliphatic carbocycles. The molecule has 0 unspecified atom stereocenters. The molecule has 0 aliphatic rings. The Hall–Kier alpha value is -7.12. The van der Waals surface area contributed by atoms with Gasteiger partial charge in [0.25, 0.3) is 21.7 Å². The Morgan fingerprint density at radius 3 is 0.861 bits per heavy atom. The average molecular weight is 1410 g/mol. The maximum atomic E-state index is 11.6. The van der Waals surface area contributed by atoms with Crippen LogP contribution in [0.25, 0.3) is 0 Å². The van der Waals surface area contributed by atoms with Crippen LogP contribution in [0.2, 0.25) is 0 Å². The lowest BCUT2D eigenvalue weighted by atomic mass is 9.88. The fourth-order valence-electron chi connectivity index (χ4n) is 11.6. The summed E-state index contributed by atoms with van der Waals surface area (Å²) in [6.45, 7) is 54.3. The highest BCUT2D eigenvalue weighted by molar-refractivity contribution is 5.76. The van der Waals surface area contributed by atoms with Crippen molar-refractivity contribution in [3.63, 3.8) is 0 Å². The van der Waals surface area contributed by atoms with E-state index >= 15 is 0 Å². The number of hydrogen-bond acceptors (Lipinski definition) is 20. The highest BCUT2D eigenvalue weighted by Gasteiger charge is 2.30. The predicted octanol–water partition coefficient (Wildman–Crippen LogP) is 11.2. The van der Waals surface area contributed by atoms with E-state index in [9.17, 15) is 57.5 Å². The molecule has 2 N–H and O–H groups in total. The summed E-state index contributed by atoms with van der Waals surface area (Å²) in [6.07, 6.45) is 13.1. The molecule has 0 aromatic heterocycles. The van der Waals surface area contributed by atoms with Gasteiger partial charge in [-0.2, -0.15) is 0 Å². The maximum absolute atomic E-state index is 11.6. The molecule has 0 atom stereocenters. The third-order valence-corrected chi connectivity index (χ3v) is 17.8. The molecule has 20 heteroatoms. The Labute approximate surface area is 604 Å². The smallest absolute Gasteiger partial charge is 0.253 e. The van der Waals surface area contributed by atoms with Crippen molar-refractivity contribution >= 4 is 45.5 Å². The van der Waals surface area contributed by atoms with Crippen molar-refractivity contribution in [2.45, 2.75) is 249 Å². The fraction of sp³-hybridized carbons (Fsp3) is 0.704. The molecular formula is C81H134N8O12. The number of nitrogens with one attached hydrogen (secondary N) is 2. The molecule has 20 nitrogen and oxygen atoms in total. The lowest BCUT2D eigenvalue weighted by Crippen LogP contribution is -2.43. The topological polar surface area (TPSA) is 248 Å². The average Bonchev–Trinajstić information content (AvgIpc) is 0.794. The van der Waals surface area contributed by atoms with Crippen LogP contribution in [0.4, 0.5) is 45.5 Å². The van der Waals surface area contributed by atoms with Crippen molar-refractivity contribution < 1.29 is 0 Å². The molecule has 6 aromatic rings. The van der Waals surface area contributed by atoms with E-state index in [1.807, 2.05) is 89.5 Å². The largest absolute Gasteiger partial charge is 0.382 e. The molecule has 6 aromatic carbocycles. The summed E-state index contributed by atoms with van der Waals surface area (Å²) in [5.74, 6) is 0. The van der Waals surface area contributed by atoms with E-state index in [0.29, 0.717) is 64.2 Å². The number of anilines is 8. The minimum absolute atomic E-state index is 0.226. The van der Waals surface area contributed by atoms with Gasteiger partial charge in [0.05, 0.1) is 22.7 Å². The first kappa shape index (κ1) is 91.9. The van der Waals surface area contributed by atoms with Gasteiger partial charge in [-0.1, -0.05) is 125 Å². The van der Waals surface area contributed by atoms with Crippen molar-refractivity contribution in [1.82, 2.24) is 0 Å². The first-order valence-electron chi connectivity index (χ1n) is 36.8. The third-order valence-electron chi connectivity index (χ3n) is 17.8. The van der Waals surface area contributed by atoms with Crippen LogP contribution in [0.15, 0.2) is 57.5 Å². The van der Waals surface area contributed by atoms with Gasteiger partial charge in [-0.05, 0) is 157 Å². The Morgan fingerprint density at radius 1 is 0.257 bits per heavy atom. The molecule has 101 heavy (non-hydrogen) atoms. The van der Waals surface area contributed by atoms with E-state index in [2.05, 4.69) is 135 Å². The number of nitrogens with zero attached hydrogens (tertiary/aromatic N) is 6. The second-order valence-electron chi connectivity index (χ2n) is 34.9. The molecule has 0 heterocycles. The normalized spacial score (nSPS) is 12.0. The van der Waals surface area contributed by atoms with Gasteiger partial charge in [-0.15, -0.1) is 0 Å². The summed E-state index contributed by atoms with van der Waals surface area (Å²) < 4.78 is 0. The van der Waals surface area contributed by atoms with Crippen LogP contribution in [0.5, 0.6) is 0 Å². The van der Waals surface area contributed by atoms with Crippen LogP contribution in [0.3, 0.4) is 0 Å². The summed E-state index contributed by atoms with van der Waals surface area (Å²) in [4.78, 5) is 149. The van der Waals surface area contributed by atoms with E-state index in [1.165, 1.54) is 0 Å². The van der Waals surface area contributed by atoms with Gasteiger partial charge in [0, 0.05) is 117 Å². The Balaban J connectivity index is 0.000000606. The molecule has 0 amide bonds. The monoisotopic (exact) mass is 1410 g/mol. The zero-order valence-corrected chi connectivity index (χ0v) is 68.4. The summed E-state index contributed by atoms with van der Waals surface area (Å²) in [6, 6.07) is 0. The molecule has 0 saturated carbocycles. The van der Waals surface area contributed by atoms with Crippen molar-refractivity contribution in [3.8, 4) is 0 Å². The number of rotatable bonds is 29. The Kier molecular flexibility index (Phi) is 35.4. The van der Waals surface area contributed by atoms with Gasteiger partial charge in [0.1, 0.15) is 22.7 Å². The van der Waals surface area contributed by atoms with E-state index < -0.39 is 0 Å². The van der Waals surface area contributed by atoms with Crippen LogP contribution < -0.4 is 105 Å². The van der Waals surface area contributed by atoms with E-state index in [0.717, 1.165) is 139 Å². The Morgan fingerprint density at radius 2 is 0.525 bits per heavy atom. The summed E-state index contributed by atoms with van der Waals surface area (Å²) >= 11 is 0. The molecule has 6 rings (SSSR count). The lowest BCUT2D eigenvalue weighted by molar-refractivity contribution is 0.365. The Bertz CT molecular complexity index is 4010. The molecule has 0 fully saturated rings. The van der Waals surface area contributed by atoms with E-state index in [-0.39, 0.29) is 97.6 Å². The SMILES string of the molecule is CCN(C)c1c(CCCC(C)(C)C)c(=O)c1=O.CCN(CC)c1c(CCCC(C)(C)C)c(=O)c1=O.CCNc1c(CCCC(C)(C)C)c(=O)c1=O.CCNc1c(N(C)CCC(C)(C)C)c(=O)c1=O.CN(C)c1c(CCCC(C)(C)C)c(=O)c1=O.CN(C)c1c(N(C)CCC(C)(C)C)c(=O)c1=O. The first-order chi connectivity index (χ1) is 46.1. The fourth-order valence-corrected chi connectivity index (χ4v) is 11.6. The van der Waals surface area contributed by atoms with Gasteiger partial charge < -0.3 is 40.0 Å². The van der Waals surface area contributed by atoms with Crippen LogP contribution >= 0.6 is 0 Å². The van der Waals surface area contributed by atoms with Crippen molar-refractivity contribution in [2.24, 2.45) is 32.5 Å². The third kappa shape index (κ3) is 28.2. The molecule has 0 radical (unpaired) electrons. The second kappa shape index (κ2) is 39.0. The van der Waals surface area contributed by atoms with Crippen molar-refractivity contribution in [3.05, 3.63) is 145 Å². The van der Waals surface area contributed by atoms with Gasteiger partial charge in [-0.3, -0.25) is 57.5 Å². The summed E-state index contributed by atoms with van der Waals surface area (Å²) in [5, 5.41) is 5.93. The van der Waals surface area contributed by atoms with Gasteiger partial charge in [-0.25, -0.2) is 0 Å². The summed E-state index contributed by atoms with van der Waals surface area (Å²) in [5.41, 5.74) is 5.30. The van der Waals surface area contributed by atoms with Gasteiger partial charge in [0.2, 0.25) is 43.4 Å². The van der Waals surface area contributed by atoms with Crippen LogP contribution in [-0.4, -0.2) is 95.1 Å². The zero-order valence-electron chi connectivity index (χ0n) is 68.4. The van der Waals surface area contributed by atoms with Crippen LogP contribution in [0.1, 0.15) is 246 Å². The molecule has 0 spiro atoms. The van der Waals surface area contributed by atoms with Crippen LogP contribution in [0, 0.1) is 32.5 Å². The minimum atomic E-state index is -0.385. The molecule has 570 valence electrons. The van der Waals surface area contributed by atoms with Crippen LogP contribution in [-0.2, 0) is 25.7 Å². The molecular weight excluding hydrogens is 1280 g/mol. The molecule has 0 bridgehead atoms. The minimum Gasteiger partial charge on any atom is -0.382 e. The van der Waals surface area contributed by atoms with Gasteiger partial charge in [0.15, 0.2) is 0 Å². The predicted molar refractivity (Wildman–Crippen MR) is 432 cm³/mol. The molecule has 0 aliphatic heterocycles. The summed E-state index contributed by atoms with van der Waals surface area (Å²) in [7, 11) is 12.8. The quantitative estimate of drug-likeness (QED) is 0.0414.